The van der Waals surface area contributed by atoms with Gasteiger partial charge in [-0.25, -0.2) is 14.6 Å². The molecule has 0 aliphatic rings. The Morgan fingerprint density at radius 2 is 1.31 bits per heavy atom. The Morgan fingerprint density at radius 3 is 1.88 bits per heavy atom. The van der Waals surface area contributed by atoms with Gasteiger partial charge in [-0.3, -0.25) is 0 Å². The second-order valence-corrected chi connectivity index (χ2v) is 7.10. The highest BCUT2D eigenvalue weighted by Gasteiger charge is 2.30. The summed E-state index contributed by atoms with van der Waals surface area (Å²) >= 11 is 0. The summed E-state index contributed by atoms with van der Waals surface area (Å²) in [5, 5.41) is 2.79. The topological polar surface area (TPSA) is 76.2 Å². The second-order valence-electron chi connectivity index (χ2n) is 5.52. The Labute approximate surface area is 150 Å². The standard InChI is InChI=1S/C19H16N3O3P/c23-26(24-15-9-3-1-4-10-15,25-16-11-5-2-6-12-16)22-19-20-17-13-7-8-14-18(17)21-19/h1-14H,(H2,20,21,22,23). The van der Waals surface area contributed by atoms with Gasteiger partial charge in [0.2, 0.25) is 5.95 Å². The Hall–Kier alpha value is -3.24. The fourth-order valence-electron chi connectivity index (χ4n) is 2.44. The molecule has 0 atom stereocenters. The van der Waals surface area contributed by atoms with Crippen molar-refractivity contribution in [2.24, 2.45) is 0 Å². The van der Waals surface area contributed by atoms with E-state index in [9.17, 15) is 4.57 Å². The van der Waals surface area contributed by atoms with E-state index in [0.717, 1.165) is 11.0 Å². The van der Waals surface area contributed by atoms with Crippen molar-refractivity contribution in [2.45, 2.75) is 0 Å². The lowest BCUT2D eigenvalue weighted by Crippen LogP contribution is -2.10. The fourth-order valence-corrected chi connectivity index (χ4v) is 3.73. The number of fused-ring (bicyclic) bond motifs is 1. The predicted molar refractivity (Wildman–Crippen MR) is 101 cm³/mol. The van der Waals surface area contributed by atoms with Crippen molar-refractivity contribution in [3.63, 3.8) is 0 Å². The zero-order chi connectivity index (χ0) is 17.8. The largest absolute Gasteiger partial charge is 0.544 e. The number of H-pyrrole nitrogens is 1. The maximum Gasteiger partial charge on any atom is 0.544 e. The van der Waals surface area contributed by atoms with Crippen LogP contribution in [0, 0.1) is 0 Å². The number of para-hydroxylation sites is 4. The van der Waals surface area contributed by atoms with Gasteiger partial charge in [0, 0.05) is 0 Å². The smallest absolute Gasteiger partial charge is 0.400 e. The monoisotopic (exact) mass is 365 g/mol. The maximum absolute atomic E-state index is 13.4. The number of hydrogen-bond donors (Lipinski definition) is 2. The molecule has 130 valence electrons. The van der Waals surface area contributed by atoms with E-state index in [2.05, 4.69) is 15.1 Å². The maximum atomic E-state index is 13.4. The average Bonchev–Trinajstić information content (AvgIpc) is 3.04. The van der Waals surface area contributed by atoms with Gasteiger partial charge in [0.25, 0.3) is 0 Å². The molecule has 0 aliphatic carbocycles. The molecule has 0 bridgehead atoms. The molecule has 6 nitrogen and oxygen atoms in total. The van der Waals surface area contributed by atoms with Crippen LogP contribution in [0.25, 0.3) is 11.0 Å². The third-order valence-electron chi connectivity index (χ3n) is 3.57. The van der Waals surface area contributed by atoms with E-state index in [-0.39, 0.29) is 0 Å². The molecule has 2 N–H and O–H groups in total. The molecule has 0 amide bonds. The highest BCUT2D eigenvalue weighted by molar-refractivity contribution is 7.56. The molecule has 1 aromatic heterocycles. The number of imidazole rings is 1. The van der Waals surface area contributed by atoms with Crippen LogP contribution < -0.4 is 14.1 Å². The Morgan fingerprint density at radius 1 is 0.769 bits per heavy atom. The van der Waals surface area contributed by atoms with Crippen molar-refractivity contribution in [2.75, 3.05) is 5.09 Å². The number of hydrogen-bond acceptors (Lipinski definition) is 4. The van der Waals surface area contributed by atoms with E-state index in [0.29, 0.717) is 17.4 Å². The van der Waals surface area contributed by atoms with Crippen molar-refractivity contribution in [1.29, 1.82) is 0 Å². The van der Waals surface area contributed by atoms with E-state index < -0.39 is 7.75 Å². The van der Waals surface area contributed by atoms with Gasteiger partial charge in [0.05, 0.1) is 11.0 Å². The SMILES string of the molecule is O=P(Nc1nc2ccccc2[nH]1)(Oc1ccccc1)Oc1ccccc1. The molecular weight excluding hydrogens is 349 g/mol. The lowest BCUT2D eigenvalue weighted by molar-refractivity contribution is 0.392. The minimum absolute atomic E-state index is 0.307. The summed E-state index contributed by atoms with van der Waals surface area (Å²) < 4.78 is 24.7. The lowest BCUT2D eigenvalue weighted by atomic mass is 10.3. The molecule has 0 saturated carbocycles. The number of nitrogens with zero attached hydrogens (tertiary/aromatic N) is 1. The van der Waals surface area contributed by atoms with Crippen molar-refractivity contribution in [3.05, 3.63) is 84.9 Å². The van der Waals surface area contributed by atoms with Gasteiger partial charge in [0.1, 0.15) is 11.5 Å². The zero-order valence-corrected chi connectivity index (χ0v) is 14.6. The van der Waals surface area contributed by atoms with Crippen LogP contribution in [0.5, 0.6) is 11.5 Å². The predicted octanol–water partition coefficient (Wildman–Crippen LogP) is 5.24. The highest BCUT2D eigenvalue weighted by Crippen LogP contribution is 2.47. The molecule has 0 unspecified atom stereocenters. The minimum atomic E-state index is -3.78. The van der Waals surface area contributed by atoms with Crippen LogP contribution in [0.1, 0.15) is 0 Å². The van der Waals surface area contributed by atoms with Crippen molar-refractivity contribution in [1.82, 2.24) is 9.97 Å². The molecule has 4 rings (SSSR count). The molecule has 0 radical (unpaired) electrons. The minimum Gasteiger partial charge on any atom is -0.400 e. The average molecular weight is 365 g/mol. The molecule has 26 heavy (non-hydrogen) atoms. The summed E-state index contributed by atoms with van der Waals surface area (Å²) in [5.74, 6) is 1.16. The van der Waals surface area contributed by atoms with E-state index >= 15 is 0 Å². The molecule has 0 spiro atoms. The lowest BCUT2D eigenvalue weighted by Gasteiger charge is -2.19. The van der Waals surface area contributed by atoms with Gasteiger partial charge < -0.3 is 14.0 Å². The normalized spacial score (nSPS) is 11.2. The second kappa shape index (κ2) is 6.94. The molecule has 3 aromatic carbocycles. The first-order valence-corrected chi connectivity index (χ1v) is 9.57. The van der Waals surface area contributed by atoms with Gasteiger partial charge in [-0.15, -0.1) is 0 Å². The number of aromatic nitrogens is 2. The van der Waals surface area contributed by atoms with Crippen LogP contribution in [0.3, 0.4) is 0 Å². The van der Waals surface area contributed by atoms with Crippen LogP contribution in [-0.2, 0) is 4.57 Å². The number of nitrogens with one attached hydrogen (secondary N) is 2. The fraction of sp³-hybridized carbons (Fsp3) is 0. The first kappa shape index (κ1) is 16.2. The Balaban J connectivity index is 1.66. The third-order valence-corrected chi connectivity index (χ3v) is 4.96. The Bertz CT molecular complexity index is 973. The number of anilines is 1. The van der Waals surface area contributed by atoms with Gasteiger partial charge >= 0.3 is 7.75 Å². The number of benzene rings is 3. The molecule has 0 saturated heterocycles. The first-order valence-electron chi connectivity index (χ1n) is 8.03. The zero-order valence-electron chi connectivity index (χ0n) is 13.7. The van der Waals surface area contributed by atoms with Crippen molar-refractivity contribution in [3.8, 4) is 11.5 Å². The number of rotatable bonds is 6. The third kappa shape index (κ3) is 3.71. The Kier molecular flexibility index (Phi) is 4.33. The molecule has 7 heteroatoms. The quantitative estimate of drug-likeness (QED) is 0.457. The van der Waals surface area contributed by atoms with Crippen LogP contribution in [0.2, 0.25) is 0 Å². The summed E-state index contributed by atoms with van der Waals surface area (Å²) in [6.45, 7) is 0. The van der Waals surface area contributed by atoms with E-state index in [1.54, 1.807) is 48.5 Å². The van der Waals surface area contributed by atoms with Crippen LogP contribution in [0.4, 0.5) is 5.95 Å². The van der Waals surface area contributed by atoms with Crippen LogP contribution >= 0.6 is 7.75 Å². The summed E-state index contributed by atoms with van der Waals surface area (Å²) in [5.41, 5.74) is 1.57. The molecule has 4 aromatic rings. The summed E-state index contributed by atoms with van der Waals surface area (Å²) in [6.07, 6.45) is 0. The van der Waals surface area contributed by atoms with Gasteiger partial charge in [0.15, 0.2) is 0 Å². The highest BCUT2D eigenvalue weighted by atomic mass is 31.2. The van der Waals surface area contributed by atoms with Crippen molar-refractivity contribution >= 4 is 24.7 Å². The van der Waals surface area contributed by atoms with Crippen molar-refractivity contribution < 1.29 is 13.6 Å². The van der Waals surface area contributed by atoms with Gasteiger partial charge in [-0.05, 0) is 36.4 Å². The van der Waals surface area contributed by atoms with Gasteiger partial charge in [-0.1, -0.05) is 48.5 Å². The van der Waals surface area contributed by atoms with E-state index in [1.165, 1.54) is 0 Å². The molecular formula is C19H16N3O3P. The summed E-state index contributed by atoms with van der Waals surface area (Å²) in [4.78, 5) is 7.45. The summed E-state index contributed by atoms with van der Waals surface area (Å²) in [6, 6.07) is 25.2. The van der Waals surface area contributed by atoms with Crippen LogP contribution in [-0.4, -0.2) is 9.97 Å². The molecule has 1 heterocycles. The number of aromatic amines is 1. The molecule has 0 fully saturated rings. The van der Waals surface area contributed by atoms with Crippen LogP contribution in [0.15, 0.2) is 84.9 Å². The van der Waals surface area contributed by atoms with Gasteiger partial charge in [-0.2, -0.15) is 0 Å². The van der Waals surface area contributed by atoms with E-state index in [4.69, 9.17) is 9.05 Å². The van der Waals surface area contributed by atoms with E-state index in [1.807, 2.05) is 36.4 Å². The summed E-state index contributed by atoms with van der Waals surface area (Å²) in [7, 11) is -3.78. The molecule has 0 aliphatic heterocycles. The first-order chi connectivity index (χ1) is 12.7.